The Morgan fingerprint density at radius 3 is 2.03 bits per heavy atom. The van der Waals surface area contributed by atoms with Gasteiger partial charge in [-0.25, -0.2) is 0 Å². The van der Waals surface area contributed by atoms with Crippen LogP contribution in [0.2, 0.25) is 0 Å². The van der Waals surface area contributed by atoms with Crippen LogP contribution in [0, 0.1) is 11.3 Å². The summed E-state index contributed by atoms with van der Waals surface area (Å²) in [7, 11) is 3.76. The second-order valence-electron chi connectivity index (χ2n) is 7.93. The number of nitrogens with zero attached hydrogens (tertiary/aromatic N) is 4. The molecule has 7 nitrogen and oxygen atoms in total. The number of quaternary nitrogens is 1. The Labute approximate surface area is 182 Å². The SMILES string of the molecule is CN1C(=C(C#N)C(=O)C[NH+]2CCN(C(=O)c3ccccc3)CC2)N(C)c2ccccc21. The zero-order chi connectivity index (χ0) is 22.0. The van der Waals surface area contributed by atoms with Gasteiger partial charge in [-0.3, -0.25) is 9.59 Å². The molecule has 0 radical (unpaired) electrons. The highest BCUT2D eigenvalue weighted by atomic mass is 16.2. The summed E-state index contributed by atoms with van der Waals surface area (Å²) in [5.74, 6) is 0.477. The smallest absolute Gasteiger partial charge is 0.254 e. The number of anilines is 2. The first kappa shape index (κ1) is 20.6. The van der Waals surface area contributed by atoms with Gasteiger partial charge in [0.25, 0.3) is 5.91 Å². The third-order valence-corrected chi connectivity index (χ3v) is 6.04. The Morgan fingerprint density at radius 1 is 0.935 bits per heavy atom. The monoisotopic (exact) mass is 416 g/mol. The number of carbonyl (C=O) groups is 2. The van der Waals surface area contributed by atoms with Crippen molar-refractivity contribution in [1.29, 1.82) is 5.26 Å². The number of amides is 1. The number of piperazine rings is 1. The van der Waals surface area contributed by atoms with Crippen LogP contribution in [0.1, 0.15) is 10.4 Å². The van der Waals surface area contributed by atoms with Crippen molar-refractivity contribution in [3.8, 4) is 6.07 Å². The number of benzene rings is 2. The third-order valence-electron chi connectivity index (χ3n) is 6.04. The van der Waals surface area contributed by atoms with Crippen molar-refractivity contribution < 1.29 is 14.5 Å². The fourth-order valence-corrected chi connectivity index (χ4v) is 4.34. The van der Waals surface area contributed by atoms with Gasteiger partial charge in [-0.15, -0.1) is 0 Å². The van der Waals surface area contributed by atoms with Crippen molar-refractivity contribution in [3.63, 3.8) is 0 Å². The topological polar surface area (TPSA) is 72.1 Å². The number of hydrogen-bond donors (Lipinski definition) is 1. The van der Waals surface area contributed by atoms with Gasteiger partial charge in [0.05, 0.1) is 37.6 Å². The second-order valence-corrected chi connectivity index (χ2v) is 7.93. The highest BCUT2D eigenvalue weighted by molar-refractivity contribution is 6.03. The average molecular weight is 417 g/mol. The molecule has 0 bridgehead atoms. The van der Waals surface area contributed by atoms with Crippen LogP contribution >= 0.6 is 0 Å². The van der Waals surface area contributed by atoms with E-state index in [0.717, 1.165) is 16.3 Å². The lowest BCUT2D eigenvalue weighted by Crippen LogP contribution is -3.15. The molecule has 1 N–H and O–H groups in total. The molecule has 0 unspecified atom stereocenters. The molecule has 2 heterocycles. The summed E-state index contributed by atoms with van der Waals surface area (Å²) in [4.78, 5) is 32.4. The lowest BCUT2D eigenvalue weighted by Gasteiger charge is -2.32. The van der Waals surface area contributed by atoms with Gasteiger partial charge in [0.1, 0.15) is 24.0 Å². The van der Waals surface area contributed by atoms with Crippen LogP contribution in [0.5, 0.6) is 0 Å². The zero-order valence-corrected chi connectivity index (χ0v) is 17.8. The summed E-state index contributed by atoms with van der Waals surface area (Å²) in [5.41, 5.74) is 2.81. The van der Waals surface area contributed by atoms with Crippen LogP contribution in [0.3, 0.4) is 0 Å². The number of rotatable bonds is 4. The van der Waals surface area contributed by atoms with E-state index in [1.54, 1.807) is 0 Å². The minimum atomic E-state index is -0.165. The summed E-state index contributed by atoms with van der Waals surface area (Å²) < 4.78 is 0. The number of carbonyl (C=O) groups excluding carboxylic acids is 2. The van der Waals surface area contributed by atoms with E-state index in [2.05, 4.69) is 6.07 Å². The minimum absolute atomic E-state index is 0.0257. The molecule has 1 amide bonds. The average Bonchev–Trinajstić information content (AvgIpc) is 3.06. The van der Waals surface area contributed by atoms with Crippen molar-refractivity contribution >= 4 is 23.1 Å². The molecule has 0 saturated carbocycles. The van der Waals surface area contributed by atoms with E-state index in [1.807, 2.05) is 83.4 Å². The number of para-hydroxylation sites is 2. The fourth-order valence-electron chi connectivity index (χ4n) is 4.34. The van der Waals surface area contributed by atoms with Gasteiger partial charge >= 0.3 is 0 Å². The molecule has 0 spiro atoms. The van der Waals surface area contributed by atoms with E-state index < -0.39 is 0 Å². The summed E-state index contributed by atoms with van der Waals surface area (Å²) in [6.45, 7) is 2.81. The van der Waals surface area contributed by atoms with E-state index in [4.69, 9.17) is 0 Å². The van der Waals surface area contributed by atoms with Crippen molar-refractivity contribution in [3.05, 3.63) is 71.6 Å². The van der Waals surface area contributed by atoms with Crippen LogP contribution < -0.4 is 14.7 Å². The van der Waals surface area contributed by atoms with Gasteiger partial charge in [-0.2, -0.15) is 5.26 Å². The van der Waals surface area contributed by atoms with E-state index in [0.29, 0.717) is 37.6 Å². The highest BCUT2D eigenvalue weighted by Gasteiger charge is 2.33. The maximum atomic E-state index is 13.1. The predicted molar refractivity (Wildman–Crippen MR) is 119 cm³/mol. The maximum absolute atomic E-state index is 13.1. The molecule has 0 aromatic heterocycles. The number of hydrogen-bond acceptors (Lipinski definition) is 5. The molecule has 158 valence electrons. The summed E-state index contributed by atoms with van der Waals surface area (Å²) in [6.07, 6.45) is 0. The molecule has 2 aliphatic rings. The Kier molecular flexibility index (Phi) is 5.74. The van der Waals surface area contributed by atoms with Crippen molar-refractivity contribution in [2.45, 2.75) is 0 Å². The number of nitrogens with one attached hydrogen (secondary N) is 1. The first-order chi connectivity index (χ1) is 15.0. The molecular weight excluding hydrogens is 390 g/mol. The molecule has 2 aromatic rings. The largest absolute Gasteiger partial charge is 0.328 e. The normalized spacial score (nSPS) is 16.2. The van der Waals surface area contributed by atoms with Gasteiger partial charge < -0.3 is 19.6 Å². The Balaban J connectivity index is 1.43. The molecule has 4 rings (SSSR count). The second kappa shape index (κ2) is 8.62. The number of Topliss-reactive ketones (excluding diaryl/α,β-unsaturated/α-hetero) is 1. The van der Waals surface area contributed by atoms with Crippen LogP contribution in [-0.4, -0.2) is 63.4 Å². The third kappa shape index (κ3) is 3.90. The van der Waals surface area contributed by atoms with Gasteiger partial charge in [0.15, 0.2) is 0 Å². The maximum Gasteiger partial charge on any atom is 0.254 e. The Bertz CT molecular complexity index is 1030. The molecular formula is C24H26N5O2+. The van der Waals surface area contributed by atoms with Crippen molar-refractivity contribution in [2.24, 2.45) is 0 Å². The molecule has 2 aliphatic heterocycles. The first-order valence-electron chi connectivity index (χ1n) is 10.4. The van der Waals surface area contributed by atoms with Gasteiger partial charge in [-0.05, 0) is 24.3 Å². The molecule has 0 atom stereocenters. The predicted octanol–water partition coefficient (Wildman–Crippen LogP) is 0.918. The van der Waals surface area contributed by atoms with Crippen molar-refractivity contribution in [1.82, 2.24) is 4.90 Å². The van der Waals surface area contributed by atoms with E-state index in [9.17, 15) is 14.9 Å². The van der Waals surface area contributed by atoms with Gasteiger partial charge in [0.2, 0.25) is 5.78 Å². The Hall–Kier alpha value is -3.63. The summed E-state index contributed by atoms with van der Waals surface area (Å²) in [5, 5.41) is 9.80. The van der Waals surface area contributed by atoms with Crippen LogP contribution in [0.4, 0.5) is 11.4 Å². The lowest BCUT2D eigenvalue weighted by molar-refractivity contribution is -0.895. The molecule has 1 saturated heterocycles. The Morgan fingerprint density at radius 2 is 1.48 bits per heavy atom. The standard InChI is InChI=1S/C24H25N5O2/c1-26-20-10-6-7-11-21(20)27(2)23(26)19(16-25)22(30)17-28-12-14-29(15-13-28)24(31)18-8-4-3-5-9-18/h3-11H,12-15,17H2,1-2H3/p+1. The highest BCUT2D eigenvalue weighted by Crippen LogP contribution is 2.40. The molecule has 7 heteroatoms. The van der Waals surface area contributed by atoms with E-state index in [-0.39, 0.29) is 23.8 Å². The summed E-state index contributed by atoms with van der Waals surface area (Å²) >= 11 is 0. The lowest BCUT2D eigenvalue weighted by atomic mass is 10.1. The number of nitriles is 1. The molecule has 31 heavy (non-hydrogen) atoms. The zero-order valence-electron chi connectivity index (χ0n) is 17.8. The minimum Gasteiger partial charge on any atom is -0.328 e. The van der Waals surface area contributed by atoms with Crippen molar-refractivity contribution in [2.75, 3.05) is 56.6 Å². The quantitative estimate of drug-likeness (QED) is 0.593. The molecule has 0 aliphatic carbocycles. The van der Waals surface area contributed by atoms with Gasteiger partial charge in [0, 0.05) is 19.7 Å². The van der Waals surface area contributed by atoms with Crippen LogP contribution in [0.15, 0.2) is 66.0 Å². The van der Waals surface area contributed by atoms with E-state index >= 15 is 0 Å². The molecule has 2 aromatic carbocycles. The number of fused-ring (bicyclic) bond motifs is 1. The first-order valence-corrected chi connectivity index (χ1v) is 10.4. The summed E-state index contributed by atoms with van der Waals surface area (Å²) in [6, 6.07) is 19.3. The van der Waals surface area contributed by atoms with Crippen LogP contribution in [0.25, 0.3) is 0 Å². The van der Waals surface area contributed by atoms with Gasteiger partial charge in [-0.1, -0.05) is 30.3 Å². The number of ketones is 1. The van der Waals surface area contributed by atoms with E-state index in [1.165, 1.54) is 0 Å². The molecule has 1 fully saturated rings. The van der Waals surface area contributed by atoms with Crippen LogP contribution in [-0.2, 0) is 4.79 Å². The fraction of sp³-hybridized carbons (Fsp3) is 0.292.